The average molecular weight is 247 g/mol. The van der Waals surface area contributed by atoms with Crippen molar-refractivity contribution in [2.75, 3.05) is 11.9 Å². The third-order valence-corrected chi connectivity index (χ3v) is 2.87. The van der Waals surface area contributed by atoms with Gasteiger partial charge in [0, 0.05) is 31.7 Å². The third kappa shape index (κ3) is 2.77. The van der Waals surface area contributed by atoms with E-state index in [-0.39, 0.29) is 5.56 Å². The summed E-state index contributed by atoms with van der Waals surface area (Å²) in [6.45, 7) is 2.72. The lowest BCUT2D eigenvalue weighted by Crippen LogP contribution is -2.22. The van der Waals surface area contributed by atoms with Crippen LogP contribution in [0.3, 0.4) is 0 Å². The molecule has 18 heavy (non-hydrogen) atoms. The molecule has 2 heterocycles. The fourth-order valence-electron chi connectivity index (χ4n) is 1.73. The number of nitrogens with one attached hydrogen (secondary N) is 2. The van der Waals surface area contributed by atoms with E-state index in [1.165, 1.54) is 10.1 Å². The van der Waals surface area contributed by atoms with Gasteiger partial charge in [0.25, 0.3) is 5.56 Å². The first-order chi connectivity index (χ1) is 8.68. The first-order valence-corrected chi connectivity index (χ1v) is 5.93. The van der Waals surface area contributed by atoms with Crippen molar-refractivity contribution >= 4 is 5.82 Å². The zero-order valence-electron chi connectivity index (χ0n) is 10.6. The van der Waals surface area contributed by atoms with Gasteiger partial charge < -0.3 is 9.88 Å². The number of nitrogens with zero attached hydrogens (tertiary/aromatic N) is 3. The summed E-state index contributed by atoms with van der Waals surface area (Å²) in [7, 11) is 1.71. The highest BCUT2D eigenvalue weighted by molar-refractivity contribution is 5.30. The fraction of sp³-hybridized carbons (Fsp3) is 0.417. The van der Waals surface area contributed by atoms with E-state index < -0.39 is 0 Å². The summed E-state index contributed by atoms with van der Waals surface area (Å²) >= 11 is 0. The first-order valence-electron chi connectivity index (χ1n) is 5.93. The molecule has 0 saturated heterocycles. The van der Waals surface area contributed by atoms with Crippen LogP contribution >= 0.6 is 0 Å². The normalized spacial score (nSPS) is 10.6. The highest BCUT2D eigenvalue weighted by Gasteiger charge is 2.02. The van der Waals surface area contributed by atoms with Gasteiger partial charge in [-0.25, -0.2) is 4.98 Å². The van der Waals surface area contributed by atoms with Crippen molar-refractivity contribution in [2.24, 2.45) is 7.05 Å². The van der Waals surface area contributed by atoms with Crippen LogP contribution in [0.5, 0.6) is 0 Å². The van der Waals surface area contributed by atoms with Crippen molar-refractivity contribution in [1.82, 2.24) is 19.7 Å². The molecule has 0 radical (unpaired) electrons. The molecule has 0 atom stereocenters. The largest absolute Gasteiger partial charge is 0.365 e. The SMILES string of the molecule is Cc1[nH]ncc1CCCNc1nccn(C)c1=O. The van der Waals surface area contributed by atoms with Gasteiger partial charge in [0.1, 0.15) is 0 Å². The molecule has 0 aliphatic rings. The van der Waals surface area contributed by atoms with Crippen LogP contribution in [-0.2, 0) is 13.5 Å². The van der Waals surface area contributed by atoms with E-state index in [0.29, 0.717) is 5.82 Å². The molecular weight excluding hydrogens is 230 g/mol. The Morgan fingerprint density at radius 1 is 1.50 bits per heavy atom. The minimum atomic E-state index is -0.100. The van der Waals surface area contributed by atoms with Crippen molar-refractivity contribution in [3.05, 3.63) is 40.2 Å². The molecule has 0 unspecified atom stereocenters. The number of hydrogen-bond acceptors (Lipinski definition) is 4. The molecular formula is C12H17N5O. The molecule has 0 spiro atoms. The molecule has 0 fully saturated rings. The molecule has 0 aromatic carbocycles. The lowest BCUT2D eigenvalue weighted by Gasteiger charge is -2.05. The molecule has 2 aromatic heterocycles. The molecule has 0 aliphatic heterocycles. The van der Waals surface area contributed by atoms with Crippen LogP contribution in [0.25, 0.3) is 0 Å². The summed E-state index contributed by atoms with van der Waals surface area (Å²) in [6.07, 6.45) is 6.96. The van der Waals surface area contributed by atoms with Gasteiger partial charge >= 0.3 is 0 Å². The summed E-state index contributed by atoms with van der Waals surface area (Å²) in [5, 5.41) is 9.94. The molecule has 2 aromatic rings. The van der Waals surface area contributed by atoms with Crippen LogP contribution in [0.1, 0.15) is 17.7 Å². The zero-order chi connectivity index (χ0) is 13.0. The third-order valence-electron chi connectivity index (χ3n) is 2.87. The first kappa shape index (κ1) is 12.3. The Labute approximate surface area is 105 Å². The number of anilines is 1. The maximum absolute atomic E-state index is 11.7. The van der Waals surface area contributed by atoms with Gasteiger partial charge in [0.2, 0.25) is 0 Å². The van der Waals surface area contributed by atoms with E-state index in [1.807, 2.05) is 13.1 Å². The lowest BCUT2D eigenvalue weighted by molar-refractivity contribution is 0.819. The van der Waals surface area contributed by atoms with Crippen LogP contribution in [-0.4, -0.2) is 26.3 Å². The molecule has 2 rings (SSSR count). The van der Waals surface area contributed by atoms with Crippen molar-refractivity contribution < 1.29 is 0 Å². The standard InChI is InChI=1S/C12H17N5O/c1-9-10(8-15-16-9)4-3-5-13-11-12(18)17(2)7-6-14-11/h6-8H,3-5H2,1-2H3,(H,13,14)(H,15,16). The fourth-order valence-corrected chi connectivity index (χ4v) is 1.73. The van der Waals surface area contributed by atoms with E-state index in [9.17, 15) is 4.79 Å². The highest BCUT2D eigenvalue weighted by atomic mass is 16.1. The van der Waals surface area contributed by atoms with E-state index in [0.717, 1.165) is 25.1 Å². The number of aromatic nitrogens is 4. The van der Waals surface area contributed by atoms with E-state index in [4.69, 9.17) is 0 Å². The molecule has 0 amide bonds. The topological polar surface area (TPSA) is 75.6 Å². The molecule has 6 heteroatoms. The summed E-state index contributed by atoms with van der Waals surface area (Å²) in [5.74, 6) is 0.406. The van der Waals surface area contributed by atoms with Gasteiger partial charge in [0.05, 0.1) is 6.20 Å². The van der Waals surface area contributed by atoms with Crippen molar-refractivity contribution in [3.63, 3.8) is 0 Å². The Morgan fingerprint density at radius 3 is 3.06 bits per heavy atom. The Morgan fingerprint density at radius 2 is 2.33 bits per heavy atom. The van der Waals surface area contributed by atoms with Crippen LogP contribution in [0.15, 0.2) is 23.4 Å². The minimum absolute atomic E-state index is 0.100. The predicted molar refractivity (Wildman–Crippen MR) is 69.6 cm³/mol. The van der Waals surface area contributed by atoms with Gasteiger partial charge in [-0.15, -0.1) is 0 Å². The number of hydrogen-bond donors (Lipinski definition) is 2. The second-order valence-electron chi connectivity index (χ2n) is 4.24. The van der Waals surface area contributed by atoms with E-state index >= 15 is 0 Å². The molecule has 96 valence electrons. The minimum Gasteiger partial charge on any atom is -0.365 e. The Balaban J connectivity index is 1.84. The van der Waals surface area contributed by atoms with Crippen LogP contribution < -0.4 is 10.9 Å². The molecule has 0 aliphatic carbocycles. The Bertz CT molecular complexity index is 572. The van der Waals surface area contributed by atoms with Gasteiger partial charge in [-0.1, -0.05) is 0 Å². The van der Waals surface area contributed by atoms with Crippen LogP contribution in [0, 0.1) is 6.92 Å². The lowest BCUT2D eigenvalue weighted by atomic mass is 10.1. The molecule has 0 saturated carbocycles. The summed E-state index contributed by atoms with van der Waals surface area (Å²) in [5.41, 5.74) is 2.21. The van der Waals surface area contributed by atoms with Crippen molar-refractivity contribution in [3.8, 4) is 0 Å². The van der Waals surface area contributed by atoms with Gasteiger partial charge in [-0.2, -0.15) is 5.10 Å². The van der Waals surface area contributed by atoms with Gasteiger partial charge in [-0.05, 0) is 25.3 Å². The smallest absolute Gasteiger partial charge is 0.293 e. The van der Waals surface area contributed by atoms with Gasteiger partial charge in [-0.3, -0.25) is 9.89 Å². The highest BCUT2D eigenvalue weighted by Crippen LogP contribution is 2.05. The van der Waals surface area contributed by atoms with E-state index in [1.54, 1.807) is 19.4 Å². The van der Waals surface area contributed by atoms with Crippen LogP contribution in [0.4, 0.5) is 5.82 Å². The zero-order valence-corrected chi connectivity index (χ0v) is 10.6. The summed E-state index contributed by atoms with van der Waals surface area (Å²) in [4.78, 5) is 15.7. The number of H-pyrrole nitrogens is 1. The second kappa shape index (κ2) is 5.48. The number of aromatic amines is 1. The number of rotatable bonds is 5. The maximum Gasteiger partial charge on any atom is 0.293 e. The quantitative estimate of drug-likeness (QED) is 0.768. The maximum atomic E-state index is 11.7. The van der Waals surface area contributed by atoms with Crippen molar-refractivity contribution in [2.45, 2.75) is 19.8 Å². The summed E-state index contributed by atoms with van der Waals surface area (Å²) in [6, 6.07) is 0. The Kier molecular flexibility index (Phi) is 3.76. The predicted octanol–water partition coefficient (Wildman–Crippen LogP) is 0.857. The number of aryl methyl sites for hydroxylation is 3. The average Bonchev–Trinajstić information content (AvgIpc) is 2.76. The van der Waals surface area contributed by atoms with Crippen LogP contribution in [0.2, 0.25) is 0 Å². The Hall–Kier alpha value is -2.11. The molecule has 2 N–H and O–H groups in total. The molecule has 0 bridgehead atoms. The van der Waals surface area contributed by atoms with Crippen molar-refractivity contribution in [1.29, 1.82) is 0 Å². The van der Waals surface area contributed by atoms with Gasteiger partial charge in [0.15, 0.2) is 5.82 Å². The summed E-state index contributed by atoms with van der Waals surface area (Å²) < 4.78 is 1.51. The monoisotopic (exact) mass is 247 g/mol. The molecule has 6 nitrogen and oxygen atoms in total. The second-order valence-corrected chi connectivity index (χ2v) is 4.24. The van der Waals surface area contributed by atoms with E-state index in [2.05, 4.69) is 20.5 Å².